The fourth-order valence-electron chi connectivity index (χ4n) is 1.35. The summed E-state index contributed by atoms with van der Waals surface area (Å²) in [6.45, 7) is 2.51. The van der Waals surface area contributed by atoms with E-state index in [0.29, 0.717) is 33.0 Å². The summed E-state index contributed by atoms with van der Waals surface area (Å²) in [5.41, 5.74) is 5.21. The van der Waals surface area contributed by atoms with Gasteiger partial charge in [-0.05, 0) is 6.07 Å². The van der Waals surface area contributed by atoms with Crippen LogP contribution in [0.25, 0.3) is 0 Å². The third-order valence-corrected chi connectivity index (χ3v) is 2.18. The van der Waals surface area contributed by atoms with Gasteiger partial charge in [-0.2, -0.15) is 0 Å². The van der Waals surface area contributed by atoms with Gasteiger partial charge in [-0.1, -0.05) is 12.1 Å². The first kappa shape index (κ1) is 15.4. The van der Waals surface area contributed by atoms with Gasteiger partial charge in [-0.15, -0.1) is 0 Å². The van der Waals surface area contributed by atoms with Crippen LogP contribution in [0.2, 0.25) is 0 Å². The minimum Gasteiger partial charge on any atom is -0.484 e. The van der Waals surface area contributed by atoms with Crippen molar-refractivity contribution in [3.8, 4) is 5.75 Å². The van der Waals surface area contributed by atoms with Gasteiger partial charge in [0.05, 0.1) is 31.4 Å². The molecule has 0 aliphatic carbocycles. The quantitative estimate of drug-likeness (QED) is 0.386. The van der Waals surface area contributed by atoms with Gasteiger partial charge in [0.1, 0.15) is 6.61 Å². The highest BCUT2D eigenvalue weighted by Crippen LogP contribution is 2.25. The summed E-state index contributed by atoms with van der Waals surface area (Å²) in [6.07, 6.45) is 0. The predicted molar refractivity (Wildman–Crippen MR) is 69.3 cm³/mol. The zero-order valence-corrected chi connectivity index (χ0v) is 10.6. The number of hydrogen-bond acceptors (Lipinski definition) is 6. The third-order valence-electron chi connectivity index (χ3n) is 2.18. The molecule has 0 bridgehead atoms. The first-order valence-electron chi connectivity index (χ1n) is 5.97. The fraction of sp³-hybridized carbons (Fsp3) is 0.500. The van der Waals surface area contributed by atoms with Crippen LogP contribution in [-0.4, -0.2) is 44.5 Å². The van der Waals surface area contributed by atoms with Crippen molar-refractivity contribution >= 4 is 5.69 Å². The molecule has 0 aliphatic rings. The van der Waals surface area contributed by atoms with E-state index < -0.39 is 4.92 Å². The van der Waals surface area contributed by atoms with Crippen molar-refractivity contribution in [3.63, 3.8) is 0 Å². The van der Waals surface area contributed by atoms with Gasteiger partial charge in [-0.3, -0.25) is 10.1 Å². The van der Waals surface area contributed by atoms with E-state index in [1.54, 1.807) is 18.2 Å². The van der Waals surface area contributed by atoms with E-state index >= 15 is 0 Å². The van der Waals surface area contributed by atoms with E-state index in [2.05, 4.69) is 0 Å². The third kappa shape index (κ3) is 6.14. The summed E-state index contributed by atoms with van der Waals surface area (Å²) < 4.78 is 15.7. The number of nitrogens with zero attached hydrogens (tertiary/aromatic N) is 1. The molecule has 1 aromatic carbocycles. The fourth-order valence-corrected chi connectivity index (χ4v) is 1.35. The number of nitrogens with two attached hydrogens (primary N) is 1. The van der Waals surface area contributed by atoms with E-state index in [1.165, 1.54) is 6.07 Å². The summed E-state index contributed by atoms with van der Waals surface area (Å²) in [5.74, 6) is 0.246. The highest BCUT2D eigenvalue weighted by atomic mass is 16.6. The Morgan fingerprint density at radius 2 is 1.68 bits per heavy atom. The second-order valence-corrected chi connectivity index (χ2v) is 3.59. The van der Waals surface area contributed by atoms with Crippen LogP contribution in [-0.2, 0) is 9.47 Å². The number of para-hydroxylation sites is 2. The molecule has 0 heterocycles. The van der Waals surface area contributed by atoms with Crippen molar-refractivity contribution in [2.24, 2.45) is 5.73 Å². The van der Waals surface area contributed by atoms with Crippen molar-refractivity contribution in [2.45, 2.75) is 0 Å². The molecule has 106 valence electrons. The van der Waals surface area contributed by atoms with Gasteiger partial charge >= 0.3 is 5.69 Å². The summed E-state index contributed by atoms with van der Waals surface area (Å²) in [4.78, 5) is 10.2. The molecule has 7 nitrogen and oxygen atoms in total. The summed E-state index contributed by atoms with van der Waals surface area (Å²) >= 11 is 0. The van der Waals surface area contributed by atoms with Gasteiger partial charge in [-0.25, -0.2) is 0 Å². The van der Waals surface area contributed by atoms with Crippen LogP contribution in [0.4, 0.5) is 5.69 Å². The van der Waals surface area contributed by atoms with Crippen LogP contribution < -0.4 is 10.5 Å². The Bertz CT molecular complexity index is 386. The van der Waals surface area contributed by atoms with Gasteiger partial charge in [0, 0.05) is 12.6 Å². The van der Waals surface area contributed by atoms with Gasteiger partial charge < -0.3 is 19.9 Å². The molecule has 0 aromatic heterocycles. The molecule has 0 atom stereocenters. The van der Waals surface area contributed by atoms with Crippen molar-refractivity contribution < 1.29 is 19.1 Å². The molecule has 0 unspecified atom stereocenters. The molecule has 19 heavy (non-hydrogen) atoms. The normalized spacial score (nSPS) is 10.4. The SMILES string of the molecule is NCCOCCOCCOc1ccccc1[N+](=O)[O-]. The second kappa shape index (κ2) is 9.26. The first-order chi connectivity index (χ1) is 9.25. The molecule has 0 aliphatic heterocycles. The Morgan fingerprint density at radius 3 is 2.37 bits per heavy atom. The Labute approximate surface area is 111 Å². The number of hydrogen-bond donors (Lipinski definition) is 1. The van der Waals surface area contributed by atoms with Gasteiger partial charge in [0.2, 0.25) is 0 Å². The number of nitro benzene ring substituents is 1. The lowest BCUT2D eigenvalue weighted by atomic mass is 10.3. The molecule has 0 radical (unpaired) electrons. The standard InChI is InChI=1S/C12H18N2O5/c13-5-6-17-7-8-18-9-10-19-12-4-2-1-3-11(12)14(15)16/h1-4H,5-10,13H2. The molecule has 1 aromatic rings. The lowest BCUT2D eigenvalue weighted by molar-refractivity contribution is -0.385. The monoisotopic (exact) mass is 270 g/mol. The maximum Gasteiger partial charge on any atom is 0.310 e. The second-order valence-electron chi connectivity index (χ2n) is 3.59. The smallest absolute Gasteiger partial charge is 0.310 e. The summed E-state index contributed by atoms with van der Waals surface area (Å²) in [6, 6.07) is 6.24. The van der Waals surface area contributed by atoms with Crippen LogP contribution in [0.15, 0.2) is 24.3 Å². The molecule has 0 saturated carbocycles. The van der Waals surface area contributed by atoms with Gasteiger partial charge in [0.25, 0.3) is 0 Å². The highest BCUT2D eigenvalue weighted by molar-refractivity contribution is 5.45. The summed E-state index contributed by atoms with van der Waals surface area (Å²) in [5, 5.41) is 10.7. The minimum absolute atomic E-state index is 0.0474. The molecule has 1 rings (SSSR count). The number of benzene rings is 1. The zero-order chi connectivity index (χ0) is 13.9. The van der Waals surface area contributed by atoms with Gasteiger partial charge in [0.15, 0.2) is 5.75 Å². The zero-order valence-electron chi connectivity index (χ0n) is 10.6. The van der Waals surface area contributed by atoms with E-state index in [9.17, 15) is 10.1 Å². The largest absolute Gasteiger partial charge is 0.484 e. The first-order valence-corrected chi connectivity index (χ1v) is 5.97. The molecule has 0 amide bonds. The lowest BCUT2D eigenvalue weighted by Crippen LogP contribution is -2.14. The van der Waals surface area contributed by atoms with E-state index in [-0.39, 0.29) is 18.0 Å². The number of ether oxygens (including phenoxy) is 3. The maximum absolute atomic E-state index is 10.7. The topological polar surface area (TPSA) is 96.9 Å². The predicted octanol–water partition coefficient (Wildman–Crippen LogP) is 0.966. The van der Waals surface area contributed by atoms with Crippen molar-refractivity contribution in [2.75, 3.05) is 39.6 Å². The summed E-state index contributed by atoms with van der Waals surface area (Å²) in [7, 11) is 0. The van der Waals surface area contributed by atoms with E-state index in [0.717, 1.165) is 0 Å². The molecular formula is C12H18N2O5. The average Bonchev–Trinajstić information content (AvgIpc) is 2.42. The lowest BCUT2D eigenvalue weighted by Gasteiger charge is -2.07. The van der Waals surface area contributed by atoms with E-state index in [4.69, 9.17) is 19.9 Å². The molecule has 7 heteroatoms. The molecule has 0 spiro atoms. The number of rotatable bonds is 10. The Morgan fingerprint density at radius 1 is 1.05 bits per heavy atom. The van der Waals surface area contributed by atoms with Crippen LogP contribution in [0.5, 0.6) is 5.75 Å². The molecule has 2 N–H and O–H groups in total. The van der Waals surface area contributed by atoms with E-state index in [1.807, 2.05) is 0 Å². The van der Waals surface area contributed by atoms with Crippen molar-refractivity contribution in [3.05, 3.63) is 34.4 Å². The number of nitro groups is 1. The molecule has 0 fully saturated rings. The van der Waals surface area contributed by atoms with Crippen LogP contribution >= 0.6 is 0 Å². The highest BCUT2D eigenvalue weighted by Gasteiger charge is 2.12. The molecule has 0 saturated heterocycles. The Kier molecular flexibility index (Phi) is 7.48. The van der Waals surface area contributed by atoms with Crippen LogP contribution in [0.3, 0.4) is 0 Å². The maximum atomic E-state index is 10.7. The van der Waals surface area contributed by atoms with Crippen molar-refractivity contribution in [1.29, 1.82) is 0 Å². The Balaban J connectivity index is 2.17. The van der Waals surface area contributed by atoms with Crippen LogP contribution in [0, 0.1) is 10.1 Å². The minimum atomic E-state index is -0.475. The average molecular weight is 270 g/mol. The Hall–Kier alpha value is -1.70. The van der Waals surface area contributed by atoms with Crippen molar-refractivity contribution in [1.82, 2.24) is 0 Å². The molecular weight excluding hydrogens is 252 g/mol. The van der Waals surface area contributed by atoms with Crippen LogP contribution in [0.1, 0.15) is 0 Å².